The molecule has 2 aromatic heterocycles. The first-order valence-electron chi connectivity index (χ1n) is 11.3. The van der Waals surface area contributed by atoms with E-state index in [1.54, 1.807) is 12.3 Å². The van der Waals surface area contributed by atoms with E-state index in [9.17, 15) is 9.59 Å². The van der Waals surface area contributed by atoms with Gasteiger partial charge < -0.3 is 15.1 Å². The van der Waals surface area contributed by atoms with Crippen molar-refractivity contribution in [1.29, 1.82) is 0 Å². The Balaban J connectivity index is 1.21. The van der Waals surface area contributed by atoms with E-state index in [1.807, 2.05) is 17.2 Å². The van der Waals surface area contributed by atoms with Gasteiger partial charge >= 0.3 is 0 Å². The molecule has 2 amide bonds. The highest BCUT2D eigenvalue weighted by Gasteiger charge is 2.33. The zero-order valence-corrected chi connectivity index (χ0v) is 18.2. The standard InChI is InChI=1S/C24H29N5O2/c1-15-11-19(17-3-4-17)14-26-22(15)28-7-9-29(10-8-28)24(31)20-6-5-18(13-25-20)21-16(2)12-27-23(21)30/h5-6,11,13-14,16-17,21H,3-4,7-10,12H2,1-2H3,(H,27,30)/t16?,21-/m1/s1. The van der Waals surface area contributed by atoms with Gasteiger partial charge in [-0.05, 0) is 54.4 Å². The summed E-state index contributed by atoms with van der Waals surface area (Å²) < 4.78 is 0. The highest BCUT2D eigenvalue weighted by atomic mass is 16.2. The second-order valence-corrected chi connectivity index (χ2v) is 9.14. The molecule has 2 saturated heterocycles. The molecule has 3 fully saturated rings. The van der Waals surface area contributed by atoms with E-state index in [0.29, 0.717) is 31.2 Å². The summed E-state index contributed by atoms with van der Waals surface area (Å²) >= 11 is 0. The molecule has 1 saturated carbocycles. The van der Waals surface area contributed by atoms with Crippen LogP contribution in [-0.2, 0) is 4.79 Å². The molecule has 7 nitrogen and oxygen atoms in total. The zero-order chi connectivity index (χ0) is 21.5. The van der Waals surface area contributed by atoms with Crippen molar-refractivity contribution in [1.82, 2.24) is 20.2 Å². The van der Waals surface area contributed by atoms with Gasteiger partial charge in [0.25, 0.3) is 5.91 Å². The van der Waals surface area contributed by atoms with Gasteiger partial charge in [-0.15, -0.1) is 0 Å². The number of nitrogens with one attached hydrogen (secondary N) is 1. The second-order valence-electron chi connectivity index (χ2n) is 9.14. The molecule has 1 aliphatic carbocycles. The van der Waals surface area contributed by atoms with Crippen LogP contribution in [0.25, 0.3) is 0 Å². The molecule has 0 radical (unpaired) electrons. The largest absolute Gasteiger partial charge is 0.355 e. The molecule has 162 valence electrons. The SMILES string of the molecule is Cc1cc(C2CC2)cnc1N1CCN(C(=O)c2ccc([C@@H]3C(=O)NCC3C)cn2)CC1. The molecule has 3 aliphatic rings. The van der Waals surface area contributed by atoms with E-state index >= 15 is 0 Å². The number of hydrogen-bond donors (Lipinski definition) is 1. The molecule has 0 aromatic carbocycles. The van der Waals surface area contributed by atoms with Crippen LogP contribution in [0.1, 0.15) is 58.8 Å². The summed E-state index contributed by atoms with van der Waals surface area (Å²) in [6, 6.07) is 5.90. The second kappa shape index (κ2) is 7.94. The van der Waals surface area contributed by atoms with Crippen LogP contribution in [-0.4, -0.2) is 59.4 Å². The number of nitrogens with zero attached hydrogens (tertiary/aromatic N) is 4. The van der Waals surface area contributed by atoms with Crippen LogP contribution < -0.4 is 10.2 Å². The lowest BCUT2D eigenvalue weighted by molar-refractivity contribution is -0.120. The van der Waals surface area contributed by atoms with Crippen molar-refractivity contribution in [2.45, 2.75) is 38.5 Å². The maximum atomic E-state index is 12.9. The van der Waals surface area contributed by atoms with Crippen molar-refractivity contribution in [2.75, 3.05) is 37.6 Å². The summed E-state index contributed by atoms with van der Waals surface area (Å²) in [4.78, 5) is 38.3. The molecule has 2 aromatic rings. The Morgan fingerprint density at radius 1 is 1.06 bits per heavy atom. The number of amides is 2. The van der Waals surface area contributed by atoms with Crippen molar-refractivity contribution >= 4 is 17.6 Å². The number of aromatic nitrogens is 2. The minimum Gasteiger partial charge on any atom is -0.355 e. The van der Waals surface area contributed by atoms with E-state index < -0.39 is 0 Å². The normalized spacial score (nSPS) is 23.7. The van der Waals surface area contributed by atoms with Gasteiger partial charge in [-0.25, -0.2) is 4.98 Å². The molecule has 1 unspecified atom stereocenters. The average molecular weight is 420 g/mol. The van der Waals surface area contributed by atoms with E-state index in [4.69, 9.17) is 4.98 Å². The van der Waals surface area contributed by atoms with Crippen LogP contribution in [0, 0.1) is 12.8 Å². The highest BCUT2D eigenvalue weighted by Crippen LogP contribution is 2.40. The maximum Gasteiger partial charge on any atom is 0.272 e. The van der Waals surface area contributed by atoms with Crippen LogP contribution in [0.3, 0.4) is 0 Å². The van der Waals surface area contributed by atoms with E-state index in [0.717, 1.165) is 24.5 Å². The van der Waals surface area contributed by atoms with Crippen molar-refractivity contribution < 1.29 is 9.59 Å². The minimum absolute atomic E-state index is 0.0403. The third-order valence-corrected chi connectivity index (χ3v) is 6.80. The lowest BCUT2D eigenvalue weighted by Crippen LogP contribution is -2.49. The smallest absolute Gasteiger partial charge is 0.272 e. The van der Waals surface area contributed by atoms with Crippen LogP contribution >= 0.6 is 0 Å². The number of pyridine rings is 2. The Morgan fingerprint density at radius 2 is 1.81 bits per heavy atom. The molecule has 1 N–H and O–H groups in total. The predicted octanol–water partition coefficient (Wildman–Crippen LogP) is 2.47. The Labute approximate surface area is 182 Å². The number of carbonyl (C=O) groups excluding carboxylic acids is 2. The maximum absolute atomic E-state index is 12.9. The monoisotopic (exact) mass is 419 g/mol. The molecule has 7 heteroatoms. The third kappa shape index (κ3) is 3.89. The predicted molar refractivity (Wildman–Crippen MR) is 118 cm³/mol. The Hall–Kier alpha value is -2.96. The highest BCUT2D eigenvalue weighted by molar-refractivity contribution is 5.92. The van der Waals surface area contributed by atoms with Gasteiger partial charge in [0, 0.05) is 45.1 Å². The van der Waals surface area contributed by atoms with Gasteiger partial charge in [-0.1, -0.05) is 19.1 Å². The molecule has 0 bridgehead atoms. The molecule has 2 aliphatic heterocycles. The zero-order valence-electron chi connectivity index (χ0n) is 18.2. The summed E-state index contributed by atoms with van der Waals surface area (Å²) in [5.74, 6) is 1.78. The van der Waals surface area contributed by atoms with Crippen molar-refractivity contribution in [3.8, 4) is 0 Å². The molecule has 0 spiro atoms. The number of anilines is 1. The topological polar surface area (TPSA) is 78.4 Å². The molecule has 4 heterocycles. The third-order valence-electron chi connectivity index (χ3n) is 6.80. The fourth-order valence-electron chi connectivity index (χ4n) is 4.79. The number of hydrogen-bond acceptors (Lipinski definition) is 5. The van der Waals surface area contributed by atoms with Crippen LogP contribution in [0.2, 0.25) is 0 Å². The fraction of sp³-hybridized carbons (Fsp3) is 0.500. The van der Waals surface area contributed by atoms with E-state index in [-0.39, 0.29) is 23.7 Å². The Bertz CT molecular complexity index is 994. The first kappa shape index (κ1) is 20.0. The van der Waals surface area contributed by atoms with Gasteiger partial charge in [0.1, 0.15) is 11.5 Å². The molecular weight excluding hydrogens is 390 g/mol. The lowest BCUT2D eigenvalue weighted by Gasteiger charge is -2.36. The molecular formula is C24H29N5O2. The van der Waals surface area contributed by atoms with Crippen LogP contribution in [0.4, 0.5) is 5.82 Å². The first-order valence-corrected chi connectivity index (χ1v) is 11.3. The molecule has 5 rings (SSSR count). The number of carbonyl (C=O) groups is 2. The van der Waals surface area contributed by atoms with Crippen molar-refractivity contribution in [3.05, 3.63) is 53.0 Å². The Morgan fingerprint density at radius 3 is 2.39 bits per heavy atom. The number of aryl methyl sites for hydroxylation is 1. The van der Waals surface area contributed by atoms with Gasteiger partial charge in [0.15, 0.2) is 0 Å². The fourth-order valence-corrected chi connectivity index (χ4v) is 4.79. The summed E-state index contributed by atoms with van der Waals surface area (Å²) in [7, 11) is 0. The minimum atomic E-state index is -0.178. The van der Waals surface area contributed by atoms with Crippen LogP contribution in [0.5, 0.6) is 0 Å². The van der Waals surface area contributed by atoms with E-state index in [1.165, 1.54) is 24.0 Å². The molecule has 2 atom stereocenters. The van der Waals surface area contributed by atoms with Gasteiger partial charge in [0.05, 0.1) is 5.92 Å². The number of rotatable bonds is 4. The summed E-state index contributed by atoms with van der Waals surface area (Å²) in [5, 5.41) is 2.89. The molecule has 31 heavy (non-hydrogen) atoms. The van der Waals surface area contributed by atoms with Gasteiger partial charge in [0.2, 0.25) is 5.91 Å². The summed E-state index contributed by atoms with van der Waals surface area (Å²) in [6.07, 6.45) is 6.27. The van der Waals surface area contributed by atoms with Gasteiger partial charge in [-0.3, -0.25) is 14.6 Å². The van der Waals surface area contributed by atoms with Crippen molar-refractivity contribution in [2.24, 2.45) is 5.92 Å². The lowest BCUT2D eigenvalue weighted by atomic mass is 9.91. The first-order chi connectivity index (χ1) is 15.0. The Kier molecular flexibility index (Phi) is 5.12. The van der Waals surface area contributed by atoms with E-state index in [2.05, 4.69) is 35.1 Å². The summed E-state index contributed by atoms with van der Waals surface area (Å²) in [6.45, 7) is 7.69. The van der Waals surface area contributed by atoms with Crippen molar-refractivity contribution in [3.63, 3.8) is 0 Å². The summed E-state index contributed by atoms with van der Waals surface area (Å²) in [5.41, 5.74) is 3.88. The van der Waals surface area contributed by atoms with Gasteiger partial charge in [-0.2, -0.15) is 0 Å². The number of piperazine rings is 1. The van der Waals surface area contributed by atoms with Crippen LogP contribution in [0.15, 0.2) is 30.6 Å². The average Bonchev–Trinajstić information content (AvgIpc) is 3.58. The quantitative estimate of drug-likeness (QED) is 0.824.